The minimum absolute atomic E-state index is 0.0347. The van der Waals surface area contributed by atoms with Gasteiger partial charge in [0.05, 0.1) is 23.2 Å². The number of hydrogen-bond acceptors (Lipinski definition) is 6. The van der Waals surface area contributed by atoms with Crippen LogP contribution in [-0.4, -0.2) is 43.8 Å². The number of anilines is 1. The van der Waals surface area contributed by atoms with Crippen molar-refractivity contribution in [3.63, 3.8) is 0 Å². The molecule has 1 fully saturated rings. The van der Waals surface area contributed by atoms with Gasteiger partial charge in [-0.15, -0.1) is 5.10 Å². The summed E-state index contributed by atoms with van der Waals surface area (Å²) >= 11 is 0. The molecule has 0 aliphatic heterocycles. The number of aliphatic hydroxyl groups is 1. The van der Waals surface area contributed by atoms with Crippen LogP contribution in [0.3, 0.4) is 0 Å². The summed E-state index contributed by atoms with van der Waals surface area (Å²) in [7, 11) is 0. The van der Waals surface area contributed by atoms with Gasteiger partial charge in [0, 0.05) is 29.8 Å². The van der Waals surface area contributed by atoms with E-state index < -0.39 is 5.60 Å². The topological polar surface area (TPSA) is 101 Å². The number of benzene rings is 2. The molecule has 8 heteroatoms. The fraction of sp³-hybridized carbons (Fsp3) is 0.321. The van der Waals surface area contributed by atoms with E-state index in [1.807, 2.05) is 55.5 Å². The number of aromatic nitrogens is 3. The van der Waals surface area contributed by atoms with E-state index in [0.29, 0.717) is 42.0 Å². The lowest BCUT2D eigenvalue weighted by molar-refractivity contribution is 0.0940. The first-order valence-electron chi connectivity index (χ1n) is 12.2. The number of fused-ring (bicyclic) bond motifs is 1. The summed E-state index contributed by atoms with van der Waals surface area (Å²) in [5.74, 6) is 0.397. The number of ether oxygens (including phenoxy) is 1. The molecule has 0 unspecified atom stereocenters. The monoisotopic (exact) mass is 485 g/mol. The van der Waals surface area contributed by atoms with Gasteiger partial charge in [0.15, 0.2) is 5.65 Å². The third-order valence-electron chi connectivity index (χ3n) is 6.07. The van der Waals surface area contributed by atoms with Gasteiger partial charge in [-0.25, -0.2) is 9.50 Å². The Morgan fingerprint density at radius 2 is 1.94 bits per heavy atom. The van der Waals surface area contributed by atoms with Gasteiger partial charge in [-0.1, -0.05) is 36.4 Å². The Balaban J connectivity index is 1.49. The Hall–Kier alpha value is -3.91. The molecule has 0 saturated heterocycles. The van der Waals surface area contributed by atoms with Crippen LogP contribution in [0, 0.1) is 6.92 Å². The molecule has 1 saturated carbocycles. The molecule has 1 aliphatic rings. The maximum Gasteiger partial charge on any atom is 0.251 e. The van der Waals surface area contributed by atoms with Gasteiger partial charge in [-0.3, -0.25) is 4.79 Å². The number of rotatable bonds is 9. The number of nitrogens with zero attached hydrogens (tertiary/aromatic N) is 3. The van der Waals surface area contributed by atoms with Crippen LogP contribution in [0.4, 0.5) is 5.69 Å². The van der Waals surface area contributed by atoms with Crippen LogP contribution in [0.15, 0.2) is 60.8 Å². The van der Waals surface area contributed by atoms with Crippen LogP contribution in [0.5, 0.6) is 5.88 Å². The summed E-state index contributed by atoms with van der Waals surface area (Å²) in [6, 6.07) is 17.8. The average molecular weight is 486 g/mol. The highest BCUT2D eigenvalue weighted by Crippen LogP contribution is 2.29. The predicted molar refractivity (Wildman–Crippen MR) is 139 cm³/mol. The number of nitrogens with one attached hydrogen (secondary N) is 2. The van der Waals surface area contributed by atoms with Crippen LogP contribution in [0.1, 0.15) is 48.2 Å². The number of aryl methyl sites for hydroxylation is 1. The van der Waals surface area contributed by atoms with E-state index in [9.17, 15) is 9.90 Å². The fourth-order valence-corrected chi connectivity index (χ4v) is 3.96. The summed E-state index contributed by atoms with van der Waals surface area (Å²) in [4.78, 5) is 17.2. The van der Waals surface area contributed by atoms with Gasteiger partial charge in [0.25, 0.3) is 5.91 Å². The normalized spacial score (nSPS) is 13.6. The largest absolute Gasteiger partial charge is 0.472 e. The molecule has 1 aliphatic carbocycles. The summed E-state index contributed by atoms with van der Waals surface area (Å²) in [5, 5.41) is 21.3. The number of hydrogen-bond donors (Lipinski definition) is 3. The quantitative estimate of drug-likeness (QED) is 0.326. The first-order valence-corrected chi connectivity index (χ1v) is 12.2. The first kappa shape index (κ1) is 23.8. The zero-order valence-electron chi connectivity index (χ0n) is 20.8. The van der Waals surface area contributed by atoms with Crippen molar-refractivity contribution in [1.82, 2.24) is 19.9 Å². The van der Waals surface area contributed by atoms with E-state index >= 15 is 0 Å². The molecule has 2 aromatic heterocycles. The molecule has 4 aromatic rings. The molecule has 0 atom stereocenters. The van der Waals surface area contributed by atoms with Gasteiger partial charge < -0.3 is 20.5 Å². The highest BCUT2D eigenvalue weighted by Gasteiger charge is 2.24. The molecule has 36 heavy (non-hydrogen) atoms. The smallest absolute Gasteiger partial charge is 0.251 e. The number of carbonyl (C=O) groups excluding carboxylic acids is 1. The summed E-state index contributed by atoms with van der Waals surface area (Å²) in [6.07, 6.45) is 3.86. The maximum absolute atomic E-state index is 12.6. The Labute approximate surface area is 210 Å². The molecule has 3 N–H and O–H groups in total. The van der Waals surface area contributed by atoms with Gasteiger partial charge in [0.2, 0.25) is 5.88 Å². The highest BCUT2D eigenvalue weighted by molar-refractivity contribution is 5.96. The van der Waals surface area contributed by atoms with E-state index in [1.54, 1.807) is 30.6 Å². The van der Waals surface area contributed by atoms with E-state index in [0.717, 1.165) is 35.2 Å². The van der Waals surface area contributed by atoms with Crippen LogP contribution in [-0.2, 0) is 6.61 Å². The van der Waals surface area contributed by atoms with E-state index in [2.05, 4.69) is 15.6 Å². The minimum Gasteiger partial charge on any atom is -0.472 e. The van der Waals surface area contributed by atoms with Crippen molar-refractivity contribution >= 4 is 17.2 Å². The molecule has 186 valence electrons. The van der Waals surface area contributed by atoms with Crippen molar-refractivity contribution in [2.24, 2.45) is 0 Å². The summed E-state index contributed by atoms with van der Waals surface area (Å²) < 4.78 is 7.78. The number of carbonyl (C=O) groups is 1. The molecular weight excluding hydrogens is 454 g/mol. The number of imidazole rings is 1. The molecule has 0 spiro atoms. The molecule has 0 radical (unpaired) electrons. The molecule has 2 heterocycles. The van der Waals surface area contributed by atoms with Crippen molar-refractivity contribution < 1.29 is 14.6 Å². The lowest BCUT2D eigenvalue weighted by Crippen LogP contribution is -2.29. The molecule has 2 aromatic carbocycles. The van der Waals surface area contributed by atoms with Crippen LogP contribution in [0.25, 0.3) is 16.9 Å². The second-order valence-corrected chi connectivity index (χ2v) is 9.99. The standard InChI is InChI=1S/C28H31N5O3/c1-18-13-20(9-12-22(18)27(34)31-21-10-11-21)24-15-29-26-23(30-17-28(2,3)35)14-25(32-33(24)26)36-16-19-7-5-4-6-8-19/h4-9,12-15,21,30,35H,10-11,16-17H2,1-3H3,(H,31,34). The lowest BCUT2D eigenvalue weighted by Gasteiger charge is -2.19. The second kappa shape index (κ2) is 9.62. The molecule has 1 amide bonds. The van der Waals surface area contributed by atoms with Crippen molar-refractivity contribution in [2.75, 3.05) is 11.9 Å². The minimum atomic E-state index is -0.908. The summed E-state index contributed by atoms with van der Waals surface area (Å²) in [6.45, 7) is 6.12. The molecule has 0 bridgehead atoms. The van der Waals surface area contributed by atoms with Crippen molar-refractivity contribution in [3.05, 3.63) is 77.5 Å². The van der Waals surface area contributed by atoms with Gasteiger partial charge in [0.1, 0.15) is 6.61 Å². The Bertz CT molecular complexity index is 1390. The number of amides is 1. The maximum atomic E-state index is 12.6. The highest BCUT2D eigenvalue weighted by atomic mass is 16.5. The SMILES string of the molecule is Cc1cc(-c2cnc3c(NCC(C)(C)O)cc(OCc4ccccc4)nn23)ccc1C(=O)NC1CC1. The third kappa shape index (κ3) is 5.49. The van der Waals surface area contributed by atoms with Crippen LogP contribution < -0.4 is 15.4 Å². The van der Waals surface area contributed by atoms with Gasteiger partial charge >= 0.3 is 0 Å². The second-order valence-electron chi connectivity index (χ2n) is 9.99. The Morgan fingerprint density at radius 3 is 2.64 bits per heavy atom. The van der Waals surface area contributed by atoms with E-state index in [-0.39, 0.29) is 5.91 Å². The third-order valence-corrected chi connectivity index (χ3v) is 6.07. The van der Waals surface area contributed by atoms with E-state index in [1.165, 1.54) is 0 Å². The average Bonchev–Trinajstić information content (AvgIpc) is 3.56. The van der Waals surface area contributed by atoms with Crippen LogP contribution in [0.2, 0.25) is 0 Å². The Morgan fingerprint density at radius 1 is 1.17 bits per heavy atom. The molecule has 8 nitrogen and oxygen atoms in total. The lowest BCUT2D eigenvalue weighted by atomic mass is 10.0. The van der Waals surface area contributed by atoms with Crippen molar-refractivity contribution in [2.45, 2.75) is 51.9 Å². The zero-order chi connectivity index (χ0) is 25.3. The molecule has 5 rings (SSSR count). The van der Waals surface area contributed by atoms with Crippen molar-refractivity contribution in [1.29, 1.82) is 0 Å². The van der Waals surface area contributed by atoms with Gasteiger partial charge in [-0.05, 0) is 56.9 Å². The van der Waals surface area contributed by atoms with Gasteiger partial charge in [-0.2, -0.15) is 0 Å². The first-order chi connectivity index (χ1) is 17.3. The van der Waals surface area contributed by atoms with Crippen LogP contribution >= 0.6 is 0 Å². The van der Waals surface area contributed by atoms with E-state index in [4.69, 9.17) is 9.84 Å². The van der Waals surface area contributed by atoms with Crippen molar-refractivity contribution in [3.8, 4) is 17.1 Å². The predicted octanol–water partition coefficient (Wildman–Crippen LogP) is 4.36. The molecular formula is C28H31N5O3. The Kier molecular flexibility index (Phi) is 6.36. The summed E-state index contributed by atoms with van der Waals surface area (Å²) in [5.41, 5.74) is 4.68. The zero-order valence-corrected chi connectivity index (χ0v) is 20.8. The fourth-order valence-electron chi connectivity index (χ4n) is 3.96.